The first-order valence-corrected chi connectivity index (χ1v) is 3.98. The van der Waals surface area contributed by atoms with Crippen molar-refractivity contribution in [3.63, 3.8) is 0 Å². The van der Waals surface area contributed by atoms with Gasteiger partial charge in [0.1, 0.15) is 0 Å². The first-order valence-electron chi connectivity index (χ1n) is 3.98. The molecule has 0 radical (unpaired) electrons. The van der Waals surface area contributed by atoms with Crippen molar-refractivity contribution >= 4 is 5.91 Å². The maximum absolute atomic E-state index is 11.1. The molecule has 1 heterocycles. The van der Waals surface area contributed by atoms with Gasteiger partial charge in [-0.2, -0.15) is 5.10 Å². The molecule has 1 aromatic heterocycles. The molecule has 70 valence electrons. The maximum atomic E-state index is 11.1. The third kappa shape index (κ3) is 2.43. The van der Waals surface area contributed by atoms with Crippen LogP contribution in [0, 0.1) is 0 Å². The van der Waals surface area contributed by atoms with E-state index in [0.717, 1.165) is 5.56 Å². The van der Waals surface area contributed by atoms with E-state index in [2.05, 4.69) is 11.7 Å². The maximum Gasteiger partial charge on any atom is 0.245 e. The SMILES string of the molecule is C=CC(=O)N(C)Cc1cnn(C)c1. The summed E-state index contributed by atoms with van der Waals surface area (Å²) in [6.07, 6.45) is 4.93. The standard InChI is InChI=1S/C9H13N3O/c1-4-9(13)11(2)6-8-5-10-12(3)7-8/h4-5,7H,1,6H2,2-3H3. The molecule has 0 unspecified atom stereocenters. The van der Waals surface area contributed by atoms with Crippen LogP contribution in [0.15, 0.2) is 25.0 Å². The first kappa shape index (κ1) is 9.51. The highest BCUT2D eigenvalue weighted by Crippen LogP contribution is 2.01. The number of likely N-dealkylation sites (N-methyl/N-ethyl adjacent to an activating group) is 1. The van der Waals surface area contributed by atoms with Crippen LogP contribution in [0.4, 0.5) is 0 Å². The van der Waals surface area contributed by atoms with Crippen molar-refractivity contribution in [2.45, 2.75) is 6.54 Å². The zero-order valence-electron chi connectivity index (χ0n) is 7.90. The topological polar surface area (TPSA) is 38.1 Å². The molecule has 0 saturated heterocycles. The fourth-order valence-corrected chi connectivity index (χ4v) is 1.06. The Bertz CT molecular complexity index is 316. The van der Waals surface area contributed by atoms with Gasteiger partial charge >= 0.3 is 0 Å². The van der Waals surface area contributed by atoms with Crippen LogP contribution in [-0.2, 0) is 18.4 Å². The van der Waals surface area contributed by atoms with Gasteiger partial charge in [-0.05, 0) is 6.08 Å². The number of carbonyl (C=O) groups excluding carboxylic acids is 1. The normalized spacial score (nSPS) is 9.69. The van der Waals surface area contributed by atoms with Gasteiger partial charge in [-0.1, -0.05) is 6.58 Å². The lowest BCUT2D eigenvalue weighted by Gasteiger charge is -2.12. The van der Waals surface area contributed by atoms with Crippen LogP contribution in [0.25, 0.3) is 0 Å². The molecular formula is C9H13N3O. The van der Waals surface area contributed by atoms with Crippen molar-refractivity contribution in [3.8, 4) is 0 Å². The third-order valence-electron chi connectivity index (χ3n) is 1.73. The molecule has 13 heavy (non-hydrogen) atoms. The number of aromatic nitrogens is 2. The van der Waals surface area contributed by atoms with Crippen molar-refractivity contribution < 1.29 is 4.79 Å². The number of nitrogens with zero attached hydrogens (tertiary/aromatic N) is 3. The van der Waals surface area contributed by atoms with E-state index in [0.29, 0.717) is 6.54 Å². The van der Waals surface area contributed by atoms with Gasteiger partial charge in [0.05, 0.1) is 6.20 Å². The van der Waals surface area contributed by atoms with Crippen LogP contribution in [0.5, 0.6) is 0 Å². The molecule has 0 spiro atoms. The molecule has 0 aromatic carbocycles. The van der Waals surface area contributed by atoms with Crippen molar-refractivity contribution in [2.24, 2.45) is 7.05 Å². The van der Waals surface area contributed by atoms with Crippen LogP contribution in [0.3, 0.4) is 0 Å². The Morgan fingerprint density at radius 1 is 1.85 bits per heavy atom. The van der Waals surface area contributed by atoms with E-state index < -0.39 is 0 Å². The Morgan fingerprint density at radius 2 is 2.54 bits per heavy atom. The quantitative estimate of drug-likeness (QED) is 0.636. The van der Waals surface area contributed by atoms with E-state index in [4.69, 9.17) is 0 Å². The Hall–Kier alpha value is -1.58. The Morgan fingerprint density at radius 3 is 3.00 bits per heavy atom. The summed E-state index contributed by atoms with van der Waals surface area (Å²) in [5, 5.41) is 4.01. The summed E-state index contributed by atoms with van der Waals surface area (Å²) >= 11 is 0. The van der Waals surface area contributed by atoms with Gasteiger partial charge < -0.3 is 4.90 Å². The molecule has 1 aromatic rings. The highest BCUT2D eigenvalue weighted by molar-refractivity contribution is 5.86. The zero-order valence-corrected chi connectivity index (χ0v) is 7.90. The second-order valence-electron chi connectivity index (χ2n) is 2.92. The molecule has 1 amide bonds. The molecule has 0 N–H and O–H groups in total. The molecule has 0 bridgehead atoms. The van der Waals surface area contributed by atoms with Gasteiger partial charge in [-0.25, -0.2) is 0 Å². The fourth-order valence-electron chi connectivity index (χ4n) is 1.06. The highest BCUT2D eigenvalue weighted by Gasteiger charge is 2.05. The second-order valence-corrected chi connectivity index (χ2v) is 2.92. The van der Waals surface area contributed by atoms with Crippen molar-refractivity contribution in [3.05, 3.63) is 30.6 Å². The third-order valence-corrected chi connectivity index (χ3v) is 1.73. The van der Waals surface area contributed by atoms with Gasteiger partial charge in [0, 0.05) is 32.4 Å². The predicted octanol–water partition coefficient (Wildman–Crippen LogP) is 0.564. The minimum absolute atomic E-state index is 0.0798. The smallest absolute Gasteiger partial charge is 0.245 e. The summed E-state index contributed by atoms with van der Waals surface area (Å²) in [5.74, 6) is -0.0798. The van der Waals surface area contributed by atoms with E-state index in [1.165, 1.54) is 6.08 Å². The fraction of sp³-hybridized carbons (Fsp3) is 0.333. The minimum atomic E-state index is -0.0798. The van der Waals surface area contributed by atoms with Crippen LogP contribution in [-0.4, -0.2) is 27.6 Å². The molecule has 4 heteroatoms. The van der Waals surface area contributed by atoms with Crippen molar-refractivity contribution in [2.75, 3.05) is 7.05 Å². The van der Waals surface area contributed by atoms with Gasteiger partial charge in [-0.3, -0.25) is 9.48 Å². The number of carbonyl (C=O) groups is 1. The largest absolute Gasteiger partial charge is 0.338 e. The van der Waals surface area contributed by atoms with Crippen molar-refractivity contribution in [1.29, 1.82) is 0 Å². The number of hydrogen-bond acceptors (Lipinski definition) is 2. The van der Waals surface area contributed by atoms with Crippen LogP contribution in [0.2, 0.25) is 0 Å². The Balaban J connectivity index is 2.59. The highest BCUT2D eigenvalue weighted by atomic mass is 16.2. The molecule has 1 rings (SSSR count). The van der Waals surface area contributed by atoms with Crippen LogP contribution < -0.4 is 0 Å². The monoisotopic (exact) mass is 179 g/mol. The predicted molar refractivity (Wildman–Crippen MR) is 49.9 cm³/mol. The average molecular weight is 179 g/mol. The number of hydrogen-bond donors (Lipinski definition) is 0. The molecule has 0 aliphatic carbocycles. The van der Waals surface area contributed by atoms with E-state index >= 15 is 0 Å². The summed E-state index contributed by atoms with van der Waals surface area (Å²) in [6, 6.07) is 0. The lowest BCUT2D eigenvalue weighted by Crippen LogP contribution is -2.23. The molecule has 0 saturated carbocycles. The minimum Gasteiger partial charge on any atom is -0.338 e. The molecule has 0 fully saturated rings. The summed E-state index contributed by atoms with van der Waals surface area (Å²) < 4.78 is 1.71. The Labute approximate surface area is 77.5 Å². The number of amides is 1. The van der Waals surface area contributed by atoms with Gasteiger partial charge in [0.25, 0.3) is 0 Å². The van der Waals surface area contributed by atoms with E-state index in [-0.39, 0.29) is 5.91 Å². The second kappa shape index (κ2) is 3.89. The summed E-state index contributed by atoms with van der Waals surface area (Å²) in [7, 11) is 3.58. The number of rotatable bonds is 3. The van der Waals surface area contributed by atoms with Crippen LogP contribution in [0.1, 0.15) is 5.56 Å². The lowest BCUT2D eigenvalue weighted by molar-refractivity contribution is -0.125. The summed E-state index contributed by atoms with van der Waals surface area (Å²) in [4.78, 5) is 12.7. The van der Waals surface area contributed by atoms with Gasteiger partial charge in [0.2, 0.25) is 5.91 Å². The first-order chi connectivity index (χ1) is 6.13. The van der Waals surface area contributed by atoms with Gasteiger partial charge in [-0.15, -0.1) is 0 Å². The summed E-state index contributed by atoms with van der Waals surface area (Å²) in [5.41, 5.74) is 1.01. The number of aryl methyl sites for hydroxylation is 1. The van der Waals surface area contributed by atoms with Gasteiger partial charge in [0.15, 0.2) is 0 Å². The van der Waals surface area contributed by atoms with Crippen molar-refractivity contribution in [1.82, 2.24) is 14.7 Å². The molecule has 0 atom stereocenters. The molecule has 0 aliphatic heterocycles. The average Bonchev–Trinajstić information content (AvgIpc) is 2.49. The van der Waals surface area contributed by atoms with Crippen LogP contribution >= 0.6 is 0 Å². The Kier molecular flexibility index (Phi) is 2.84. The van der Waals surface area contributed by atoms with E-state index in [1.54, 1.807) is 22.8 Å². The summed E-state index contributed by atoms with van der Waals surface area (Å²) in [6.45, 7) is 3.98. The molecule has 0 aliphatic rings. The van der Waals surface area contributed by atoms with E-state index in [9.17, 15) is 4.79 Å². The zero-order chi connectivity index (χ0) is 9.84. The molecule has 4 nitrogen and oxygen atoms in total. The van der Waals surface area contributed by atoms with E-state index in [1.807, 2.05) is 13.2 Å². The molecular weight excluding hydrogens is 166 g/mol. The lowest BCUT2D eigenvalue weighted by atomic mass is 10.3.